The van der Waals surface area contributed by atoms with Crippen LogP contribution in [0.4, 0.5) is 5.13 Å². The second kappa shape index (κ2) is 8.42. The fourth-order valence-electron chi connectivity index (χ4n) is 2.31. The van der Waals surface area contributed by atoms with Crippen molar-refractivity contribution in [3.8, 4) is 11.3 Å². The third kappa shape index (κ3) is 5.12. The Kier molecular flexibility index (Phi) is 6.00. The summed E-state index contributed by atoms with van der Waals surface area (Å²) in [5, 5.41) is 13.0. The second-order valence-corrected chi connectivity index (χ2v) is 7.77. The van der Waals surface area contributed by atoms with Crippen molar-refractivity contribution in [3.05, 3.63) is 46.4 Å². The maximum Gasteiger partial charge on any atom is 0.226 e. The third-order valence-corrected chi connectivity index (χ3v) is 4.66. The quantitative estimate of drug-likeness (QED) is 0.636. The molecule has 3 rings (SSSR count). The largest absolute Gasteiger partial charge is 0.441 e. The second-order valence-electron chi connectivity index (χ2n) is 6.27. The first-order chi connectivity index (χ1) is 12.5. The van der Waals surface area contributed by atoms with E-state index in [1.165, 1.54) is 11.3 Å². The van der Waals surface area contributed by atoms with Gasteiger partial charge >= 0.3 is 0 Å². The van der Waals surface area contributed by atoms with Crippen LogP contribution in [-0.4, -0.2) is 21.1 Å². The zero-order chi connectivity index (χ0) is 18.5. The lowest BCUT2D eigenvalue weighted by Crippen LogP contribution is -2.12. The molecule has 1 amide bonds. The van der Waals surface area contributed by atoms with Crippen molar-refractivity contribution in [2.24, 2.45) is 5.92 Å². The van der Waals surface area contributed by atoms with Crippen molar-refractivity contribution in [3.63, 3.8) is 0 Å². The van der Waals surface area contributed by atoms with Crippen LogP contribution in [0.5, 0.6) is 0 Å². The van der Waals surface area contributed by atoms with E-state index in [4.69, 9.17) is 16.0 Å². The Balaban J connectivity index is 1.52. The van der Waals surface area contributed by atoms with E-state index in [0.29, 0.717) is 34.1 Å². The van der Waals surface area contributed by atoms with Crippen molar-refractivity contribution in [2.75, 3.05) is 5.32 Å². The molecule has 8 heteroatoms. The topological polar surface area (TPSA) is 80.9 Å². The molecule has 2 heterocycles. The van der Waals surface area contributed by atoms with Crippen LogP contribution in [0.25, 0.3) is 11.3 Å². The van der Waals surface area contributed by atoms with Crippen LogP contribution in [0, 0.1) is 5.92 Å². The van der Waals surface area contributed by atoms with Crippen LogP contribution in [0.3, 0.4) is 0 Å². The molecule has 0 spiro atoms. The number of oxazole rings is 1. The van der Waals surface area contributed by atoms with E-state index in [1.54, 1.807) is 18.3 Å². The highest BCUT2D eigenvalue weighted by Gasteiger charge is 2.12. The molecule has 1 N–H and O–H groups in total. The number of hydrogen-bond acceptors (Lipinski definition) is 6. The van der Waals surface area contributed by atoms with E-state index in [-0.39, 0.29) is 12.3 Å². The molecule has 3 aromatic rings. The van der Waals surface area contributed by atoms with Gasteiger partial charge in [0.25, 0.3) is 0 Å². The van der Waals surface area contributed by atoms with Gasteiger partial charge in [0.15, 0.2) is 11.7 Å². The summed E-state index contributed by atoms with van der Waals surface area (Å²) in [6.07, 6.45) is 3.19. The van der Waals surface area contributed by atoms with Gasteiger partial charge in [-0.15, -0.1) is 10.2 Å². The number of nitrogens with zero attached hydrogens (tertiary/aromatic N) is 3. The minimum Gasteiger partial charge on any atom is -0.441 e. The Hall–Kier alpha value is -2.25. The molecular formula is C18H19ClN4O2S. The molecule has 2 aromatic heterocycles. The average molecular weight is 391 g/mol. The monoisotopic (exact) mass is 390 g/mol. The number of carbonyl (C=O) groups is 1. The van der Waals surface area contributed by atoms with E-state index >= 15 is 0 Å². The van der Waals surface area contributed by atoms with E-state index in [1.807, 2.05) is 12.1 Å². The lowest BCUT2D eigenvalue weighted by Gasteiger charge is -2.00. The number of aryl methyl sites for hydroxylation is 1. The number of nitrogens with one attached hydrogen (secondary N) is 1. The molecule has 0 aliphatic rings. The van der Waals surface area contributed by atoms with Crippen LogP contribution < -0.4 is 5.32 Å². The van der Waals surface area contributed by atoms with Crippen LogP contribution >= 0.6 is 22.9 Å². The maximum absolute atomic E-state index is 12.1. The van der Waals surface area contributed by atoms with Gasteiger partial charge in [-0.1, -0.05) is 36.8 Å². The predicted molar refractivity (Wildman–Crippen MR) is 102 cm³/mol. The van der Waals surface area contributed by atoms with Gasteiger partial charge in [0, 0.05) is 29.8 Å². The maximum atomic E-state index is 12.1. The highest BCUT2D eigenvalue weighted by Crippen LogP contribution is 2.23. The first-order valence-corrected chi connectivity index (χ1v) is 9.52. The van der Waals surface area contributed by atoms with Crippen LogP contribution in [0.1, 0.15) is 31.2 Å². The summed E-state index contributed by atoms with van der Waals surface area (Å²) in [4.78, 5) is 16.3. The SMILES string of the molecule is CC(C)Cc1nnc(NC(=O)CCc2ncc(-c3ccc(Cl)cc3)o2)s1. The molecule has 1 aromatic carbocycles. The molecule has 0 fully saturated rings. The normalized spacial score (nSPS) is 11.1. The van der Waals surface area contributed by atoms with Gasteiger partial charge in [-0.3, -0.25) is 4.79 Å². The molecule has 0 atom stereocenters. The Labute approximate surface area is 160 Å². The lowest BCUT2D eigenvalue weighted by atomic mass is 10.1. The number of hydrogen-bond donors (Lipinski definition) is 1. The number of amides is 1. The Morgan fingerprint density at radius 2 is 2.04 bits per heavy atom. The molecule has 0 radical (unpaired) electrons. The van der Waals surface area contributed by atoms with Gasteiger partial charge in [0.1, 0.15) is 5.01 Å². The fourth-order valence-corrected chi connectivity index (χ4v) is 3.41. The number of anilines is 1. The molecule has 0 unspecified atom stereocenters. The number of benzene rings is 1. The number of rotatable bonds is 7. The molecule has 136 valence electrons. The first kappa shape index (κ1) is 18.5. The summed E-state index contributed by atoms with van der Waals surface area (Å²) in [6, 6.07) is 7.32. The molecule has 0 aliphatic heterocycles. The summed E-state index contributed by atoms with van der Waals surface area (Å²) in [5.41, 5.74) is 0.893. The van der Waals surface area contributed by atoms with Crippen molar-refractivity contribution >= 4 is 34.0 Å². The lowest BCUT2D eigenvalue weighted by molar-refractivity contribution is -0.116. The van der Waals surface area contributed by atoms with Crippen LogP contribution in [0.2, 0.25) is 5.02 Å². The minimum atomic E-state index is -0.136. The number of carbonyl (C=O) groups excluding carboxylic acids is 1. The average Bonchev–Trinajstić information content (AvgIpc) is 3.23. The Bertz CT molecular complexity index is 873. The van der Waals surface area contributed by atoms with E-state index in [9.17, 15) is 4.79 Å². The van der Waals surface area contributed by atoms with Crippen molar-refractivity contribution in [2.45, 2.75) is 33.1 Å². The van der Waals surface area contributed by atoms with Crippen LogP contribution in [0.15, 0.2) is 34.9 Å². The zero-order valence-electron chi connectivity index (χ0n) is 14.5. The number of halogens is 1. The van der Waals surface area contributed by atoms with Gasteiger partial charge in [-0.2, -0.15) is 0 Å². The summed E-state index contributed by atoms with van der Waals surface area (Å²) < 4.78 is 5.70. The van der Waals surface area contributed by atoms with E-state index in [0.717, 1.165) is 17.0 Å². The molecular weight excluding hydrogens is 372 g/mol. The predicted octanol–water partition coefficient (Wildman–Crippen LogP) is 4.62. The van der Waals surface area contributed by atoms with Gasteiger partial charge in [-0.25, -0.2) is 4.98 Å². The van der Waals surface area contributed by atoms with Gasteiger partial charge in [0.2, 0.25) is 11.0 Å². The molecule has 0 aliphatic carbocycles. The number of aromatic nitrogens is 3. The molecule has 26 heavy (non-hydrogen) atoms. The standard InChI is InChI=1S/C18H19ClN4O2S/c1-11(2)9-17-22-23-18(26-17)21-15(24)7-8-16-20-10-14(25-16)12-3-5-13(19)6-4-12/h3-6,10-11H,7-9H2,1-2H3,(H,21,23,24). The van der Waals surface area contributed by atoms with Crippen molar-refractivity contribution < 1.29 is 9.21 Å². The molecule has 0 saturated heterocycles. The summed E-state index contributed by atoms with van der Waals surface area (Å²) >= 11 is 7.29. The zero-order valence-corrected chi connectivity index (χ0v) is 16.1. The highest BCUT2D eigenvalue weighted by atomic mass is 35.5. The van der Waals surface area contributed by atoms with Gasteiger partial charge < -0.3 is 9.73 Å². The highest BCUT2D eigenvalue weighted by molar-refractivity contribution is 7.15. The van der Waals surface area contributed by atoms with E-state index in [2.05, 4.69) is 34.3 Å². The van der Waals surface area contributed by atoms with Gasteiger partial charge in [-0.05, 0) is 30.2 Å². The Morgan fingerprint density at radius 3 is 2.77 bits per heavy atom. The summed E-state index contributed by atoms with van der Waals surface area (Å²) in [5.74, 6) is 1.54. The van der Waals surface area contributed by atoms with E-state index < -0.39 is 0 Å². The fraction of sp³-hybridized carbons (Fsp3) is 0.333. The third-order valence-electron chi connectivity index (χ3n) is 3.54. The first-order valence-electron chi connectivity index (χ1n) is 8.32. The Morgan fingerprint density at radius 1 is 1.27 bits per heavy atom. The van der Waals surface area contributed by atoms with Crippen molar-refractivity contribution in [1.82, 2.24) is 15.2 Å². The minimum absolute atomic E-state index is 0.136. The summed E-state index contributed by atoms with van der Waals surface area (Å²) in [6.45, 7) is 4.24. The van der Waals surface area contributed by atoms with Gasteiger partial charge in [0.05, 0.1) is 6.20 Å². The molecule has 6 nitrogen and oxygen atoms in total. The van der Waals surface area contributed by atoms with Crippen molar-refractivity contribution in [1.29, 1.82) is 0 Å². The summed E-state index contributed by atoms with van der Waals surface area (Å²) in [7, 11) is 0. The molecule has 0 bridgehead atoms. The molecule has 0 saturated carbocycles. The smallest absolute Gasteiger partial charge is 0.226 e. The van der Waals surface area contributed by atoms with Crippen LogP contribution in [-0.2, 0) is 17.6 Å².